The minimum atomic E-state index is -3.97. The predicted molar refractivity (Wildman–Crippen MR) is 69.2 cm³/mol. The van der Waals surface area contributed by atoms with Gasteiger partial charge in [0.2, 0.25) is 0 Å². The molecule has 0 aliphatic rings. The van der Waals surface area contributed by atoms with E-state index in [2.05, 4.69) is 10.1 Å². The zero-order valence-electron chi connectivity index (χ0n) is 10.5. The number of nitrogens with one attached hydrogen (secondary N) is 1. The highest BCUT2D eigenvalue weighted by Gasteiger charge is 2.28. The van der Waals surface area contributed by atoms with Crippen LogP contribution in [0, 0.1) is 0 Å². The number of rotatable bonds is 8. The first-order valence-corrected chi connectivity index (χ1v) is 7.59. The van der Waals surface area contributed by atoms with Gasteiger partial charge in [0, 0.05) is 12.6 Å². The van der Waals surface area contributed by atoms with Gasteiger partial charge in [-0.2, -0.15) is 0 Å². The van der Waals surface area contributed by atoms with Gasteiger partial charge in [-0.1, -0.05) is 6.07 Å². The highest BCUT2D eigenvalue weighted by molar-refractivity contribution is 7.55. The molecule has 0 spiro atoms. The Morgan fingerprint density at radius 2 is 2.05 bits per heavy atom. The Kier molecular flexibility index (Phi) is 5.82. The minimum Gasteiger partial charge on any atom is -0.481 e. The number of carboxylic acids is 2. The van der Waals surface area contributed by atoms with Crippen molar-refractivity contribution in [1.82, 2.24) is 10.1 Å². The fraction of sp³-hybridized carbons (Fsp3) is 0.364. The molecule has 0 aliphatic carbocycles. The smallest absolute Gasteiger partial charge is 0.321 e. The van der Waals surface area contributed by atoms with Crippen LogP contribution in [-0.4, -0.2) is 38.1 Å². The van der Waals surface area contributed by atoms with Gasteiger partial charge in [0.05, 0.1) is 11.9 Å². The summed E-state index contributed by atoms with van der Waals surface area (Å²) in [5.74, 6) is -2.54. The Morgan fingerprint density at radius 3 is 2.55 bits per heavy atom. The molecule has 0 radical (unpaired) electrons. The normalized spacial score (nSPS) is 15.2. The molecule has 2 atom stereocenters. The fourth-order valence-corrected chi connectivity index (χ4v) is 2.96. The summed E-state index contributed by atoms with van der Waals surface area (Å²) in [5.41, 5.74) is 0.341. The third kappa shape index (κ3) is 5.92. The van der Waals surface area contributed by atoms with E-state index in [1.165, 1.54) is 12.3 Å². The predicted octanol–water partition coefficient (Wildman–Crippen LogP) is 0.675. The highest BCUT2D eigenvalue weighted by atomic mass is 31.2. The lowest BCUT2D eigenvalue weighted by atomic mass is 10.2. The van der Waals surface area contributed by atoms with E-state index in [4.69, 9.17) is 10.2 Å². The van der Waals surface area contributed by atoms with E-state index in [1.807, 2.05) is 0 Å². The number of aromatic nitrogens is 1. The first kappa shape index (κ1) is 16.3. The maximum absolute atomic E-state index is 11.9. The molecule has 1 heterocycles. The number of nitrogens with zero attached hydrogens (tertiary/aromatic N) is 1. The van der Waals surface area contributed by atoms with E-state index < -0.39 is 31.9 Å². The molecule has 4 N–H and O–H groups in total. The molecule has 1 aromatic rings. The van der Waals surface area contributed by atoms with Crippen molar-refractivity contribution in [1.29, 1.82) is 0 Å². The van der Waals surface area contributed by atoms with Crippen LogP contribution in [0.1, 0.15) is 18.5 Å². The van der Waals surface area contributed by atoms with Gasteiger partial charge < -0.3 is 15.1 Å². The zero-order valence-corrected chi connectivity index (χ0v) is 11.4. The second-order valence-electron chi connectivity index (χ2n) is 4.13. The lowest BCUT2D eigenvalue weighted by Gasteiger charge is -2.18. The van der Waals surface area contributed by atoms with Crippen LogP contribution in [0.15, 0.2) is 24.4 Å². The van der Waals surface area contributed by atoms with Crippen molar-refractivity contribution in [2.75, 3.05) is 0 Å². The molecule has 110 valence electrons. The molecule has 0 fully saturated rings. The van der Waals surface area contributed by atoms with Crippen LogP contribution in [0.3, 0.4) is 0 Å². The highest BCUT2D eigenvalue weighted by Crippen LogP contribution is 2.40. The summed E-state index contributed by atoms with van der Waals surface area (Å²) in [5, 5.41) is 19.5. The number of carboxylic acid groups (broad SMARTS) is 2. The van der Waals surface area contributed by atoms with Crippen molar-refractivity contribution in [2.45, 2.75) is 25.0 Å². The van der Waals surface area contributed by atoms with Crippen LogP contribution in [0.2, 0.25) is 0 Å². The van der Waals surface area contributed by atoms with E-state index in [-0.39, 0.29) is 12.6 Å². The summed E-state index contributed by atoms with van der Waals surface area (Å²) in [6, 6.07) is 3.43. The van der Waals surface area contributed by atoms with Gasteiger partial charge in [-0.25, -0.2) is 5.09 Å². The van der Waals surface area contributed by atoms with Crippen LogP contribution in [0.25, 0.3) is 0 Å². The van der Waals surface area contributed by atoms with Crippen LogP contribution in [0.4, 0.5) is 0 Å². The van der Waals surface area contributed by atoms with Gasteiger partial charge >= 0.3 is 11.9 Å². The molecule has 0 saturated heterocycles. The molecule has 1 rings (SSSR count). The third-order valence-electron chi connectivity index (χ3n) is 2.41. The molecule has 8 nitrogen and oxygen atoms in total. The van der Waals surface area contributed by atoms with Gasteiger partial charge in [0.1, 0.15) is 6.04 Å². The first-order chi connectivity index (χ1) is 9.30. The summed E-state index contributed by atoms with van der Waals surface area (Å²) in [6.45, 7) is 0. The van der Waals surface area contributed by atoms with Crippen LogP contribution in [-0.2, 0) is 20.3 Å². The number of carbonyl (C=O) groups is 2. The topological polar surface area (TPSA) is 137 Å². The van der Waals surface area contributed by atoms with E-state index in [1.54, 1.807) is 12.1 Å². The van der Waals surface area contributed by atoms with E-state index in [0.29, 0.717) is 5.69 Å². The number of pyridine rings is 1. The zero-order chi connectivity index (χ0) is 15.2. The van der Waals surface area contributed by atoms with Gasteiger partial charge in [0.15, 0.2) is 0 Å². The number of hydrogen-bond acceptors (Lipinski definition) is 4. The monoisotopic (exact) mass is 302 g/mol. The number of hydrogen-bond donors (Lipinski definition) is 4. The van der Waals surface area contributed by atoms with Crippen molar-refractivity contribution in [3.8, 4) is 0 Å². The third-order valence-corrected chi connectivity index (χ3v) is 3.87. The van der Waals surface area contributed by atoms with Crippen molar-refractivity contribution >= 4 is 19.5 Å². The molecule has 0 aromatic carbocycles. The van der Waals surface area contributed by atoms with Crippen LogP contribution < -0.4 is 5.09 Å². The second-order valence-corrected chi connectivity index (χ2v) is 6.11. The van der Waals surface area contributed by atoms with Crippen molar-refractivity contribution in [2.24, 2.45) is 0 Å². The number of aliphatic carboxylic acids is 2. The second kappa shape index (κ2) is 7.14. The molecule has 20 heavy (non-hydrogen) atoms. The van der Waals surface area contributed by atoms with Crippen molar-refractivity contribution < 1.29 is 29.3 Å². The Labute approximate surface area is 115 Å². The van der Waals surface area contributed by atoms with Gasteiger partial charge in [-0.15, -0.1) is 0 Å². The molecule has 0 bridgehead atoms. The summed E-state index contributed by atoms with van der Waals surface area (Å²) < 4.78 is 11.9. The quantitative estimate of drug-likeness (QED) is 0.514. The summed E-state index contributed by atoms with van der Waals surface area (Å²) >= 11 is 0. The lowest BCUT2D eigenvalue weighted by molar-refractivity contribution is -0.140. The first-order valence-electron chi connectivity index (χ1n) is 5.74. The maximum Gasteiger partial charge on any atom is 0.321 e. The Hall–Kier alpha value is -1.76. The van der Waals surface area contributed by atoms with E-state index >= 15 is 0 Å². The minimum absolute atomic E-state index is 0.280. The standard InChI is InChI=1S/C11H15N2O6P/c14-10(15)5-4-9(11(16)17)13-20(18,19)7-8-3-1-2-6-12-8/h1-3,6,9H,4-5,7H2,(H,14,15)(H,16,17)(H2,13,18,19). The van der Waals surface area contributed by atoms with E-state index in [0.717, 1.165) is 0 Å². The van der Waals surface area contributed by atoms with Crippen LogP contribution in [0.5, 0.6) is 0 Å². The molecule has 0 amide bonds. The average molecular weight is 302 g/mol. The molecular formula is C11H15N2O6P. The Balaban J connectivity index is 2.68. The lowest BCUT2D eigenvalue weighted by Crippen LogP contribution is -2.35. The van der Waals surface area contributed by atoms with Crippen molar-refractivity contribution in [3.63, 3.8) is 0 Å². The van der Waals surface area contributed by atoms with Gasteiger partial charge in [0.25, 0.3) is 7.52 Å². The largest absolute Gasteiger partial charge is 0.481 e. The molecule has 0 aliphatic heterocycles. The Morgan fingerprint density at radius 1 is 1.35 bits per heavy atom. The molecule has 2 unspecified atom stereocenters. The molecule has 9 heteroatoms. The maximum atomic E-state index is 11.9. The van der Waals surface area contributed by atoms with Crippen molar-refractivity contribution in [3.05, 3.63) is 30.1 Å². The van der Waals surface area contributed by atoms with Gasteiger partial charge in [-0.05, 0) is 18.6 Å². The summed E-state index contributed by atoms with van der Waals surface area (Å²) in [4.78, 5) is 35.0. The molecular weight excluding hydrogens is 287 g/mol. The Bertz CT molecular complexity index is 521. The molecule has 0 saturated carbocycles. The van der Waals surface area contributed by atoms with E-state index in [9.17, 15) is 19.0 Å². The van der Waals surface area contributed by atoms with Crippen LogP contribution >= 0.6 is 7.52 Å². The average Bonchev–Trinajstić information content (AvgIpc) is 2.34. The molecule has 1 aromatic heterocycles. The van der Waals surface area contributed by atoms with Gasteiger partial charge in [-0.3, -0.25) is 19.1 Å². The summed E-state index contributed by atoms with van der Waals surface area (Å²) in [7, 11) is -3.97. The SMILES string of the molecule is O=C(O)CCC(NP(=O)(O)Cc1ccccn1)C(=O)O. The summed E-state index contributed by atoms with van der Waals surface area (Å²) in [6.07, 6.45) is 0.435. The fourth-order valence-electron chi connectivity index (χ4n) is 1.51.